The Kier molecular flexibility index (Phi) is 4.57. The van der Waals surface area contributed by atoms with Gasteiger partial charge in [-0.25, -0.2) is 4.39 Å². The van der Waals surface area contributed by atoms with Crippen LogP contribution in [0.25, 0.3) is 0 Å². The number of rotatable bonds is 4. The largest absolute Gasteiger partial charge is 0.493 e. The van der Waals surface area contributed by atoms with E-state index < -0.39 is 11.9 Å². The lowest BCUT2D eigenvalue weighted by atomic mass is 9.92. The van der Waals surface area contributed by atoms with E-state index in [9.17, 15) is 14.3 Å². The molecule has 0 spiro atoms. The highest BCUT2D eigenvalue weighted by molar-refractivity contribution is 5.84. The van der Waals surface area contributed by atoms with Gasteiger partial charge in [0, 0.05) is 17.7 Å². The summed E-state index contributed by atoms with van der Waals surface area (Å²) in [5, 5.41) is 12.8. The molecule has 2 aromatic rings. The fourth-order valence-electron chi connectivity index (χ4n) is 2.79. The number of aliphatic hydroxyl groups is 1. The summed E-state index contributed by atoms with van der Waals surface area (Å²) in [6, 6.07) is 13.4. The van der Waals surface area contributed by atoms with Crippen LogP contribution in [0.15, 0.2) is 48.5 Å². The number of fused-ring (bicyclic) bond motifs is 1. The van der Waals surface area contributed by atoms with Crippen molar-refractivity contribution < 1.29 is 19.0 Å². The minimum atomic E-state index is -1.07. The van der Waals surface area contributed by atoms with Gasteiger partial charge in [0.2, 0.25) is 5.91 Å². The number of para-hydroxylation sites is 1. The van der Waals surface area contributed by atoms with Crippen molar-refractivity contribution in [1.29, 1.82) is 0 Å². The molecule has 23 heavy (non-hydrogen) atoms. The summed E-state index contributed by atoms with van der Waals surface area (Å²) in [4.78, 5) is 12.4. The lowest BCUT2D eigenvalue weighted by Gasteiger charge is -2.25. The number of hydrogen-bond acceptors (Lipinski definition) is 3. The number of amides is 1. The second-order valence-corrected chi connectivity index (χ2v) is 5.51. The van der Waals surface area contributed by atoms with Gasteiger partial charge in [-0.15, -0.1) is 0 Å². The number of nitrogens with one attached hydrogen (secondary N) is 1. The molecule has 1 aliphatic heterocycles. The van der Waals surface area contributed by atoms with Crippen LogP contribution < -0.4 is 10.1 Å². The molecule has 0 unspecified atom stereocenters. The van der Waals surface area contributed by atoms with Gasteiger partial charge in [-0.2, -0.15) is 0 Å². The van der Waals surface area contributed by atoms with E-state index >= 15 is 0 Å². The predicted octanol–water partition coefficient (Wildman–Crippen LogP) is 2.54. The number of halogens is 1. The first-order chi connectivity index (χ1) is 11.2. The van der Waals surface area contributed by atoms with E-state index in [4.69, 9.17) is 4.74 Å². The normalized spacial score (nSPS) is 17.7. The number of ether oxygens (including phenoxy) is 1. The van der Waals surface area contributed by atoms with Crippen LogP contribution in [0.4, 0.5) is 4.39 Å². The minimum absolute atomic E-state index is 0.0285. The molecule has 1 aliphatic rings. The van der Waals surface area contributed by atoms with Crippen molar-refractivity contribution in [3.8, 4) is 5.75 Å². The first-order valence-corrected chi connectivity index (χ1v) is 7.58. The maximum absolute atomic E-state index is 13.6. The van der Waals surface area contributed by atoms with Crippen molar-refractivity contribution in [3.05, 3.63) is 65.5 Å². The van der Waals surface area contributed by atoms with E-state index in [2.05, 4.69) is 5.32 Å². The Hall–Kier alpha value is -2.40. The smallest absolute Gasteiger partial charge is 0.227 e. The van der Waals surface area contributed by atoms with Crippen molar-refractivity contribution in [3.63, 3.8) is 0 Å². The zero-order chi connectivity index (χ0) is 16.2. The third-order valence-electron chi connectivity index (χ3n) is 4.01. The number of hydrogen-bond donors (Lipinski definition) is 2. The van der Waals surface area contributed by atoms with Crippen LogP contribution in [0, 0.1) is 5.82 Å². The molecule has 2 N–H and O–H groups in total. The molecule has 5 heteroatoms. The van der Waals surface area contributed by atoms with Gasteiger partial charge in [0.15, 0.2) is 0 Å². The Morgan fingerprint density at radius 2 is 2.00 bits per heavy atom. The van der Waals surface area contributed by atoms with Gasteiger partial charge in [-0.1, -0.05) is 36.4 Å². The van der Waals surface area contributed by atoms with Crippen LogP contribution in [0.3, 0.4) is 0 Å². The summed E-state index contributed by atoms with van der Waals surface area (Å²) >= 11 is 0. The summed E-state index contributed by atoms with van der Waals surface area (Å²) in [5.41, 5.74) is 1.02. The SMILES string of the molecule is O=C(NC[C@@H](O)c1ccccc1F)[C@H]1CCOc2ccccc21. The van der Waals surface area contributed by atoms with Gasteiger partial charge in [0.1, 0.15) is 11.6 Å². The van der Waals surface area contributed by atoms with E-state index in [1.165, 1.54) is 12.1 Å². The van der Waals surface area contributed by atoms with Gasteiger partial charge in [-0.05, 0) is 18.6 Å². The average molecular weight is 315 g/mol. The standard InChI is InChI=1S/C18H18FNO3/c19-15-7-3-1-6-14(15)16(21)11-20-18(22)13-9-10-23-17-8-4-2-5-12(13)17/h1-8,13,16,21H,9-11H2,(H,20,22)/t13-,16+/m0/s1. The van der Waals surface area contributed by atoms with Crippen LogP contribution in [0.1, 0.15) is 29.6 Å². The molecule has 0 aliphatic carbocycles. The van der Waals surface area contributed by atoms with E-state index in [1.54, 1.807) is 12.1 Å². The Balaban J connectivity index is 1.66. The van der Waals surface area contributed by atoms with Crippen LogP contribution in [0.5, 0.6) is 5.75 Å². The molecule has 2 aromatic carbocycles. The van der Waals surface area contributed by atoms with Gasteiger partial charge in [0.05, 0.1) is 18.6 Å². The Bertz CT molecular complexity index is 704. The van der Waals surface area contributed by atoms with E-state index in [1.807, 2.05) is 24.3 Å². The quantitative estimate of drug-likeness (QED) is 0.911. The monoisotopic (exact) mass is 315 g/mol. The first-order valence-electron chi connectivity index (χ1n) is 7.58. The van der Waals surface area contributed by atoms with Crippen molar-refractivity contribution in [2.75, 3.05) is 13.2 Å². The molecule has 0 aromatic heterocycles. The molecule has 3 rings (SSSR count). The molecular weight excluding hydrogens is 297 g/mol. The molecule has 0 saturated heterocycles. The topological polar surface area (TPSA) is 58.6 Å². The van der Waals surface area contributed by atoms with Crippen molar-refractivity contribution in [1.82, 2.24) is 5.32 Å². The maximum Gasteiger partial charge on any atom is 0.227 e. The third kappa shape index (κ3) is 3.35. The van der Waals surface area contributed by atoms with Crippen LogP contribution >= 0.6 is 0 Å². The zero-order valence-corrected chi connectivity index (χ0v) is 12.5. The highest BCUT2D eigenvalue weighted by Gasteiger charge is 2.27. The van der Waals surface area contributed by atoms with Gasteiger partial charge < -0.3 is 15.2 Å². The Morgan fingerprint density at radius 3 is 2.83 bits per heavy atom. The summed E-state index contributed by atoms with van der Waals surface area (Å²) in [6.45, 7) is 0.449. The van der Waals surface area contributed by atoms with E-state index in [-0.39, 0.29) is 23.9 Å². The molecule has 0 radical (unpaired) electrons. The molecule has 0 bridgehead atoms. The number of benzene rings is 2. The molecule has 0 fully saturated rings. The lowest BCUT2D eigenvalue weighted by molar-refractivity contribution is -0.123. The summed E-state index contributed by atoms with van der Waals surface area (Å²) in [5.74, 6) is -0.261. The zero-order valence-electron chi connectivity index (χ0n) is 12.5. The third-order valence-corrected chi connectivity index (χ3v) is 4.01. The highest BCUT2D eigenvalue weighted by atomic mass is 19.1. The molecule has 1 heterocycles. The number of carbonyl (C=O) groups is 1. The summed E-state index contributed by atoms with van der Waals surface area (Å²) in [6.07, 6.45) is -0.492. The average Bonchev–Trinajstić information content (AvgIpc) is 2.59. The van der Waals surface area contributed by atoms with Crippen molar-refractivity contribution >= 4 is 5.91 Å². The van der Waals surface area contributed by atoms with Crippen LogP contribution in [-0.2, 0) is 4.79 Å². The maximum atomic E-state index is 13.6. The highest BCUT2D eigenvalue weighted by Crippen LogP contribution is 2.33. The van der Waals surface area contributed by atoms with Gasteiger partial charge in [0.25, 0.3) is 0 Å². The Morgan fingerprint density at radius 1 is 1.26 bits per heavy atom. The lowest BCUT2D eigenvalue weighted by Crippen LogP contribution is -2.35. The molecule has 0 saturated carbocycles. The number of aliphatic hydroxyl groups excluding tert-OH is 1. The van der Waals surface area contributed by atoms with Gasteiger partial charge in [-0.3, -0.25) is 4.79 Å². The van der Waals surface area contributed by atoms with Crippen LogP contribution in [0.2, 0.25) is 0 Å². The molecular formula is C18H18FNO3. The van der Waals surface area contributed by atoms with Gasteiger partial charge >= 0.3 is 0 Å². The van der Waals surface area contributed by atoms with Crippen LogP contribution in [-0.4, -0.2) is 24.2 Å². The first kappa shape index (κ1) is 15.5. The minimum Gasteiger partial charge on any atom is -0.493 e. The fraction of sp³-hybridized carbons (Fsp3) is 0.278. The van der Waals surface area contributed by atoms with Crippen molar-refractivity contribution in [2.45, 2.75) is 18.4 Å². The van der Waals surface area contributed by atoms with E-state index in [0.717, 1.165) is 5.56 Å². The summed E-state index contributed by atoms with van der Waals surface area (Å²) in [7, 11) is 0. The molecule has 2 atom stereocenters. The molecule has 1 amide bonds. The second-order valence-electron chi connectivity index (χ2n) is 5.51. The van der Waals surface area contributed by atoms with Crippen molar-refractivity contribution in [2.24, 2.45) is 0 Å². The molecule has 4 nitrogen and oxygen atoms in total. The number of carbonyl (C=O) groups excluding carboxylic acids is 1. The predicted molar refractivity (Wildman–Crippen MR) is 83.7 cm³/mol. The molecule has 120 valence electrons. The second kappa shape index (κ2) is 6.79. The summed E-state index contributed by atoms with van der Waals surface area (Å²) < 4.78 is 19.2. The Labute approximate surface area is 133 Å². The fourth-order valence-corrected chi connectivity index (χ4v) is 2.79. The van der Waals surface area contributed by atoms with E-state index in [0.29, 0.717) is 18.8 Å².